The van der Waals surface area contributed by atoms with Crippen LogP contribution in [-0.4, -0.2) is 10.7 Å². The summed E-state index contributed by atoms with van der Waals surface area (Å²) in [5.41, 5.74) is 1.97. The fourth-order valence-electron chi connectivity index (χ4n) is 2.89. The van der Waals surface area contributed by atoms with Crippen molar-refractivity contribution in [3.8, 4) is 22.6 Å². The smallest absolute Gasteiger partial charge is 0.200 e. The topological polar surface area (TPSA) is 59.7 Å². The largest absolute Gasteiger partial charge is 0.508 e. The van der Waals surface area contributed by atoms with E-state index in [1.54, 1.807) is 36.4 Å². The number of fused-ring (bicyclic) bond motifs is 3. The van der Waals surface area contributed by atoms with E-state index < -0.39 is 0 Å². The van der Waals surface area contributed by atoms with Gasteiger partial charge in [0.05, 0.1) is 16.5 Å². The van der Waals surface area contributed by atoms with Crippen LogP contribution in [0.3, 0.4) is 0 Å². The minimum absolute atomic E-state index is 0.108. The molecule has 2 heterocycles. The van der Waals surface area contributed by atoms with Crippen molar-refractivity contribution in [2.75, 3.05) is 0 Å². The summed E-state index contributed by atoms with van der Waals surface area (Å²) in [6, 6.07) is 10.0. The van der Waals surface area contributed by atoms with Gasteiger partial charge in [-0.25, -0.2) is 0 Å². The molecule has 0 radical (unpaired) electrons. The molecule has 0 atom stereocenters. The van der Waals surface area contributed by atoms with Crippen molar-refractivity contribution in [1.82, 2.24) is 0 Å². The average molecular weight is 320 g/mol. The molecule has 4 heteroatoms. The van der Waals surface area contributed by atoms with Crippen LogP contribution in [0, 0.1) is 0 Å². The molecule has 3 aromatic rings. The number of aromatic hydroxyl groups is 1. The SMILES string of the molecule is CC1(C)C=Cc2c(ccc3c(=O)c(-c4ccc(O)cc4)coc23)O1. The van der Waals surface area contributed by atoms with Gasteiger partial charge >= 0.3 is 0 Å². The maximum atomic E-state index is 12.8. The van der Waals surface area contributed by atoms with Gasteiger partial charge in [-0.2, -0.15) is 0 Å². The normalized spacial score (nSPS) is 15.1. The van der Waals surface area contributed by atoms with Crippen molar-refractivity contribution in [2.24, 2.45) is 0 Å². The van der Waals surface area contributed by atoms with Crippen LogP contribution in [0.25, 0.3) is 28.2 Å². The van der Waals surface area contributed by atoms with Gasteiger partial charge in [0.15, 0.2) is 0 Å². The van der Waals surface area contributed by atoms with E-state index in [0.717, 1.165) is 5.56 Å². The second-order valence-electron chi connectivity index (χ2n) is 6.42. The molecule has 2 aromatic carbocycles. The van der Waals surface area contributed by atoms with Crippen LogP contribution in [0.15, 0.2) is 57.9 Å². The van der Waals surface area contributed by atoms with Gasteiger partial charge in [0, 0.05) is 0 Å². The van der Waals surface area contributed by atoms with Crippen molar-refractivity contribution in [2.45, 2.75) is 19.4 Å². The standard InChI is InChI=1S/C20H16O4/c1-20(2)10-9-14-17(24-20)8-7-15-18(22)16(11-23-19(14)15)12-3-5-13(21)6-4-12/h3-11,21H,1-2H3. The third-order valence-corrected chi connectivity index (χ3v) is 4.14. The highest BCUT2D eigenvalue weighted by Crippen LogP contribution is 2.35. The number of phenols is 1. The van der Waals surface area contributed by atoms with Gasteiger partial charge in [0.2, 0.25) is 5.43 Å². The molecule has 0 spiro atoms. The van der Waals surface area contributed by atoms with Gasteiger partial charge in [-0.1, -0.05) is 12.1 Å². The Morgan fingerprint density at radius 2 is 1.79 bits per heavy atom. The Morgan fingerprint density at radius 1 is 1.04 bits per heavy atom. The molecule has 1 aromatic heterocycles. The van der Waals surface area contributed by atoms with Crippen LogP contribution in [0.1, 0.15) is 19.4 Å². The number of hydrogen-bond donors (Lipinski definition) is 1. The van der Waals surface area contributed by atoms with Crippen LogP contribution >= 0.6 is 0 Å². The van der Waals surface area contributed by atoms with Crippen LogP contribution in [-0.2, 0) is 0 Å². The van der Waals surface area contributed by atoms with Crippen molar-refractivity contribution in [1.29, 1.82) is 0 Å². The minimum Gasteiger partial charge on any atom is -0.508 e. The molecular weight excluding hydrogens is 304 g/mol. The molecule has 4 nitrogen and oxygen atoms in total. The van der Waals surface area contributed by atoms with Crippen LogP contribution < -0.4 is 10.2 Å². The number of ether oxygens (including phenoxy) is 1. The van der Waals surface area contributed by atoms with E-state index in [9.17, 15) is 9.90 Å². The van der Waals surface area contributed by atoms with E-state index in [-0.39, 0.29) is 16.8 Å². The van der Waals surface area contributed by atoms with E-state index in [2.05, 4.69) is 0 Å². The summed E-state index contributed by atoms with van der Waals surface area (Å²) in [7, 11) is 0. The Morgan fingerprint density at radius 3 is 2.54 bits per heavy atom. The molecule has 120 valence electrons. The van der Waals surface area contributed by atoms with Crippen molar-refractivity contribution in [3.05, 3.63) is 64.5 Å². The Bertz CT molecular complexity index is 1020. The summed E-state index contributed by atoms with van der Waals surface area (Å²) >= 11 is 0. The highest BCUT2D eigenvalue weighted by molar-refractivity contribution is 5.91. The van der Waals surface area contributed by atoms with Gasteiger partial charge in [0.25, 0.3) is 0 Å². The molecule has 1 aliphatic heterocycles. The molecule has 4 rings (SSSR count). The second kappa shape index (κ2) is 4.99. The molecule has 0 unspecified atom stereocenters. The first-order valence-corrected chi connectivity index (χ1v) is 7.71. The van der Waals surface area contributed by atoms with Gasteiger partial charge < -0.3 is 14.3 Å². The highest BCUT2D eigenvalue weighted by atomic mass is 16.5. The Kier molecular flexibility index (Phi) is 3.03. The number of benzene rings is 2. The van der Waals surface area contributed by atoms with Crippen LogP contribution in [0.5, 0.6) is 11.5 Å². The minimum atomic E-state index is -0.382. The molecule has 0 amide bonds. The summed E-state index contributed by atoms with van der Waals surface area (Å²) in [5.74, 6) is 0.860. The first kappa shape index (κ1) is 14.6. The van der Waals surface area contributed by atoms with Crippen molar-refractivity contribution < 1.29 is 14.3 Å². The van der Waals surface area contributed by atoms with Crippen molar-refractivity contribution >= 4 is 17.0 Å². The molecule has 1 N–H and O–H groups in total. The van der Waals surface area contributed by atoms with E-state index in [1.807, 2.05) is 26.0 Å². The lowest BCUT2D eigenvalue weighted by Gasteiger charge is -2.27. The van der Waals surface area contributed by atoms with E-state index in [0.29, 0.717) is 27.8 Å². The molecule has 0 saturated heterocycles. The van der Waals surface area contributed by atoms with E-state index in [4.69, 9.17) is 9.15 Å². The van der Waals surface area contributed by atoms with Gasteiger partial charge in [-0.15, -0.1) is 0 Å². The van der Waals surface area contributed by atoms with E-state index >= 15 is 0 Å². The summed E-state index contributed by atoms with van der Waals surface area (Å²) in [5, 5.41) is 9.90. The zero-order valence-electron chi connectivity index (χ0n) is 13.4. The third kappa shape index (κ3) is 2.27. The fraction of sp³-hybridized carbons (Fsp3) is 0.150. The van der Waals surface area contributed by atoms with Gasteiger partial charge in [-0.3, -0.25) is 4.79 Å². The zero-order valence-corrected chi connectivity index (χ0v) is 13.4. The van der Waals surface area contributed by atoms with Crippen LogP contribution in [0.4, 0.5) is 0 Å². The lowest BCUT2D eigenvalue weighted by Crippen LogP contribution is -2.27. The average Bonchev–Trinajstić information content (AvgIpc) is 2.55. The lowest BCUT2D eigenvalue weighted by atomic mass is 9.99. The Hall–Kier alpha value is -3.01. The summed E-state index contributed by atoms with van der Waals surface area (Å²) < 4.78 is 11.7. The molecule has 24 heavy (non-hydrogen) atoms. The molecule has 0 aliphatic carbocycles. The molecule has 1 aliphatic rings. The first-order valence-electron chi connectivity index (χ1n) is 7.71. The monoisotopic (exact) mass is 320 g/mol. The zero-order chi connectivity index (χ0) is 16.9. The van der Waals surface area contributed by atoms with Gasteiger partial charge in [-0.05, 0) is 55.8 Å². The summed E-state index contributed by atoms with van der Waals surface area (Å²) in [6.07, 6.45) is 5.35. The van der Waals surface area contributed by atoms with Crippen LogP contribution in [0.2, 0.25) is 0 Å². The van der Waals surface area contributed by atoms with Gasteiger partial charge in [0.1, 0.15) is 28.9 Å². The maximum Gasteiger partial charge on any atom is 0.200 e. The second-order valence-corrected chi connectivity index (χ2v) is 6.42. The third-order valence-electron chi connectivity index (χ3n) is 4.14. The molecule has 0 saturated carbocycles. The quantitative estimate of drug-likeness (QED) is 0.724. The van der Waals surface area contributed by atoms with E-state index in [1.165, 1.54) is 6.26 Å². The number of phenolic OH excluding ortho intramolecular Hbond substituents is 1. The predicted molar refractivity (Wildman–Crippen MR) is 93.3 cm³/mol. The summed E-state index contributed by atoms with van der Waals surface area (Å²) in [4.78, 5) is 12.8. The molecular formula is C20H16O4. The lowest BCUT2D eigenvalue weighted by molar-refractivity contribution is 0.159. The predicted octanol–water partition coefficient (Wildman–Crippen LogP) is 4.35. The first-order chi connectivity index (χ1) is 11.4. The molecule has 0 fully saturated rings. The number of rotatable bonds is 1. The Labute approximate surface area is 138 Å². The maximum absolute atomic E-state index is 12.8. The molecule has 0 bridgehead atoms. The number of hydrogen-bond acceptors (Lipinski definition) is 4. The summed E-state index contributed by atoms with van der Waals surface area (Å²) in [6.45, 7) is 3.95. The highest BCUT2D eigenvalue weighted by Gasteiger charge is 2.24. The fourth-order valence-corrected chi connectivity index (χ4v) is 2.89. The van der Waals surface area contributed by atoms with Crippen molar-refractivity contribution in [3.63, 3.8) is 0 Å². The Balaban J connectivity index is 1.93.